The molecule has 1 aromatic carbocycles. The molecular weight excluding hydrogens is 370 g/mol. The smallest absolute Gasteiger partial charge is 0.265 e. The van der Waals surface area contributed by atoms with Crippen LogP contribution in [0.1, 0.15) is 0 Å². The van der Waals surface area contributed by atoms with E-state index in [-0.39, 0.29) is 23.7 Å². The van der Waals surface area contributed by atoms with Crippen LogP contribution in [0.25, 0.3) is 0 Å². The van der Waals surface area contributed by atoms with Gasteiger partial charge in [-0.2, -0.15) is 5.10 Å². The number of aliphatic hydroxyl groups excluding tert-OH is 1. The van der Waals surface area contributed by atoms with Gasteiger partial charge in [0.05, 0.1) is 30.1 Å². The minimum atomic E-state index is -3.77. The van der Waals surface area contributed by atoms with Gasteiger partial charge in [0.2, 0.25) is 0 Å². The van der Waals surface area contributed by atoms with Crippen molar-refractivity contribution in [3.63, 3.8) is 0 Å². The van der Waals surface area contributed by atoms with Crippen LogP contribution in [0.2, 0.25) is 5.02 Å². The Morgan fingerprint density at radius 3 is 2.90 bits per heavy atom. The molecule has 0 radical (unpaired) electrons. The quantitative estimate of drug-likeness (QED) is 0.832. The van der Waals surface area contributed by atoms with Crippen molar-refractivity contribution >= 4 is 43.2 Å². The van der Waals surface area contributed by atoms with E-state index in [1.54, 1.807) is 18.2 Å². The Balaban J connectivity index is 2.28. The summed E-state index contributed by atoms with van der Waals surface area (Å²) in [5, 5.41) is 12.9. The minimum absolute atomic E-state index is 0.00184. The molecular formula is C11H11BrClN3O3S. The van der Waals surface area contributed by atoms with E-state index < -0.39 is 10.0 Å². The number of halogens is 2. The number of nitrogens with one attached hydrogen (secondary N) is 1. The van der Waals surface area contributed by atoms with Crippen molar-refractivity contribution in [2.45, 2.75) is 11.4 Å². The second-order valence-electron chi connectivity index (χ2n) is 3.89. The van der Waals surface area contributed by atoms with Crippen LogP contribution in [0.5, 0.6) is 0 Å². The van der Waals surface area contributed by atoms with E-state index in [0.29, 0.717) is 9.50 Å². The van der Waals surface area contributed by atoms with Gasteiger partial charge in [-0.1, -0.05) is 27.5 Å². The molecule has 0 aliphatic carbocycles. The topological polar surface area (TPSA) is 84.2 Å². The predicted octanol–water partition coefficient (Wildman–Crippen LogP) is 2.09. The van der Waals surface area contributed by atoms with Gasteiger partial charge in [-0.15, -0.1) is 0 Å². The molecule has 108 valence electrons. The van der Waals surface area contributed by atoms with Crippen molar-refractivity contribution in [3.05, 3.63) is 40.1 Å². The van der Waals surface area contributed by atoms with Crippen molar-refractivity contribution < 1.29 is 13.5 Å². The number of aliphatic hydroxyl groups is 1. The fourth-order valence-corrected chi connectivity index (χ4v) is 3.09. The zero-order chi connectivity index (χ0) is 14.8. The third-order valence-electron chi connectivity index (χ3n) is 2.42. The highest BCUT2D eigenvalue weighted by molar-refractivity contribution is 9.10. The largest absolute Gasteiger partial charge is 0.394 e. The molecule has 0 spiro atoms. The van der Waals surface area contributed by atoms with E-state index >= 15 is 0 Å². The molecule has 0 saturated heterocycles. The first-order valence-electron chi connectivity index (χ1n) is 5.53. The van der Waals surface area contributed by atoms with Crippen molar-refractivity contribution in [1.29, 1.82) is 0 Å². The summed E-state index contributed by atoms with van der Waals surface area (Å²) >= 11 is 9.19. The molecule has 0 amide bonds. The first kappa shape index (κ1) is 15.3. The van der Waals surface area contributed by atoms with E-state index in [2.05, 4.69) is 25.8 Å². The third-order valence-corrected chi connectivity index (χ3v) is 4.56. The predicted molar refractivity (Wildman–Crippen MR) is 79.3 cm³/mol. The Labute approximate surface area is 129 Å². The fourth-order valence-electron chi connectivity index (χ4n) is 1.49. The molecule has 1 aromatic heterocycles. The SMILES string of the molecule is O=S(=O)(Nc1cc(Br)ccc1Cl)c1cnn(CCO)c1. The van der Waals surface area contributed by atoms with Crippen LogP contribution in [0.3, 0.4) is 0 Å². The van der Waals surface area contributed by atoms with Gasteiger partial charge in [0.15, 0.2) is 0 Å². The molecule has 0 fully saturated rings. The molecule has 2 rings (SSSR count). The Morgan fingerprint density at radius 1 is 1.45 bits per heavy atom. The first-order chi connectivity index (χ1) is 9.42. The summed E-state index contributed by atoms with van der Waals surface area (Å²) in [4.78, 5) is 0.00184. The van der Waals surface area contributed by atoms with Gasteiger partial charge in [-0.05, 0) is 18.2 Å². The van der Waals surface area contributed by atoms with Crippen LogP contribution >= 0.6 is 27.5 Å². The average Bonchev–Trinajstić information content (AvgIpc) is 2.83. The zero-order valence-corrected chi connectivity index (χ0v) is 13.3. The fraction of sp³-hybridized carbons (Fsp3) is 0.182. The normalized spacial score (nSPS) is 11.6. The molecule has 0 aliphatic rings. The average molecular weight is 381 g/mol. The standard InChI is InChI=1S/C11H11BrClN3O3S/c12-8-1-2-10(13)11(5-8)15-20(18,19)9-6-14-16(7-9)3-4-17/h1-2,5-7,15,17H,3-4H2. The number of rotatable bonds is 5. The molecule has 6 nitrogen and oxygen atoms in total. The van der Waals surface area contributed by atoms with Crippen molar-refractivity contribution in [2.24, 2.45) is 0 Å². The molecule has 0 atom stereocenters. The van der Waals surface area contributed by atoms with E-state index in [9.17, 15) is 8.42 Å². The van der Waals surface area contributed by atoms with E-state index in [0.717, 1.165) is 0 Å². The van der Waals surface area contributed by atoms with Crippen LogP contribution in [0.15, 0.2) is 40.0 Å². The zero-order valence-electron chi connectivity index (χ0n) is 10.1. The van der Waals surface area contributed by atoms with Gasteiger partial charge >= 0.3 is 0 Å². The van der Waals surface area contributed by atoms with Crippen molar-refractivity contribution in [1.82, 2.24) is 9.78 Å². The van der Waals surface area contributed by atoms with Crippen LogP contribution < -0.4 is 4.72 Å². The number of benzene rings is 1. The van der Waals surface area contributed by atoms with Crippen molar-refractivity contribution in [2.75, 3.05) is 11.3 Å². The first-order valence-corrected chi connectivity index (χ1v) is 8.19. The summed E-state index contributed by atoms with van der Waals surface area (Å²) in [6, 6.07) is 4.86. The lowest BCUT2D eigenvalue weighted by molar-refractivity contribution is 0.269. The Morgan fingerprint density at radius 2 is 2.20 bits per heavy atom. The van der Waals surface area contributed by atoms with Gasteiger partial charge in [0.1, 0.15) is 4.90 Å². The highest BCUT2D eigenvalue weighted by Crippen LogP contribution is 2.27. The Hall–Kier alpha value is -1.09. The van der Waals surface area contributed by atoms with Gasteiger partial charge < -0.3 is 5.11 Å². The van der Waals surface area contributed by atoms with Crippen molar-refractivity contribution in [3.8, 4) is 0 Å². The van der Waals surface area contributed by atoms with Crippen LogP contribution in [-0.2, 0) is 16.6 Å². The van der Waals surface area contributed by atoms with Gasteiger partial charge in [0.25, 0.3) is 10.0 Å². The maximum atomic E-state index is 12.2. The van der Waals surface area contributed by atoms with E-state index in [4.69, 9.17) is 16.7 Å². The number of aromatic nitrogens is 2. The van der Waals surface area contributed by atoms with Gasteiger partial charge in [-0.25, -0.2) is 8.42 Å². The summed E-state index contributed by atoms with van der Waals surface area (Å²) in [5.74, 6) is 0. The number of nitrogens with zero attached hydrogens (tertiary/aromatic N) is 2. The summed E-state index contributed by atoms with van der Waals surface area (Å²) in [7, 11) is -3.77. The molecule has 0 aliphatic heterocycles. The Bertz CT molecular complexity index is 717. The molecule has 0 saturated carbocycles. The molecule has 2 N–H and O–H groups in total. The second kappa shape index (κ2) is 6.13. The molecule has 2 aromatic rings. The lowest BCUT2D eigenvalue weighted by Crippen LogP contribution is -2.12. The number of hydrogen-bond donors (Lipinski definition) is 2. The minimum Gasteiger partial charge on any atom is -0.394 e. The highest BCUT2D eigenvalue weighted by Gasteiger charge is 2.18. The third kappa shape index (κ3) is 3.51. The van der Waals surface area contributed by atoms with Gasteiger partial charge in [-0.3, -0.25) is 9.40 Å². The van der Waals surface area contributed by atoms with E-state index in [1.165, 1.54) is 17.1 Å². The molecule has 0 unspecified atom stereocenters. The monoisotopic (exact) mass is 379 g/mol. The maximum Gasteiger partial charge on any atom is 0.265 e. The van der Waals surface area contributed by atoms with Crippen LogP contribution in [-0.4, -0.2) is 29.9 Å². The lowest BCUT2D eigenvalue weighted by Gasteiger charge is -2.08. The number of hydrogen-bond acceptors (Lipinski definition) is 4. The molecule has 20 heavy (non-hydrogen) atoms. The summed E-state index contributed by atoms with van der Waals surface area (Å²) in [6.07, 6.45) is 2.55. The molecule has 0 bridgehead atoms. The molecule has 9 heteroatoms. The highest BCUT2D eigenvalue weighted by atomic mass is 79.9. The maximum absolute atomic E-state index is 12.2. The summed E-state index contributed by atoms with van der Waals surface area (Å²) in [6.45, 7) is 0.110. The number of sulfonamides is 1. The van der Waals surface area contributed by atoms with Crippen LogP contribution in [0, 0.1) is 0 Å². The second-order valence-corrected chi connectivity index (χ2v) is 6.90. The summed E-state index contributed by atoms with van der Waals surface area (Å²) < 4.78 is 28.8. The van der Waals surface area contributed by atoms with E-state index in [1.807, 2.05) is 0 Å². The lowest BCUT2D eigenvalue weighted by atomic mass is 10.3. The summed E-state index contributed by atoms with van der Waals surface area (Å²) in [5.41, 5.74) is 0.274. The van der Waals surface area contributed by atoms with Gasteiger partial charge in [0, 0.05) is 10.7 Å². The molecule has 1 heterocycles. The number of anilines is 1. The Kier molecular flexibility index (Phi) is 4.69. The van der Waals surface area contributed by atoms with Crippen LogP contribution in [0.4, 0.5) is 5.69 Å².